The first-order chi connectivity index (χ1) is 13.7. The van der Waals surface area contributed by atoms with E-state index in [0.717, 1.165) is 38.0 Å². The van der Waals surface area contributed by atoms with E-state index < -0.39 is 0 Å². The van der Waals surface area contributed by atoms with Gasteiger partial charge in [-0.1, -0.05) is 57.6 Å². The third-order valence-electron chi connectivity index (χ3n) is 8.60. The fraction of sp³-hybridized carbons (Fsp3) is 0.778. The van der Waals surface area contributed by atoms with Crippen LogP contribution in [0.25, 0.3) is 0 Å². The maximum atomic E-state index is 10.3. The molecule has 0 spiro atoms. The summed E-state index contributed by atoms with van der Waals surface area (Å²) < 4.78 is 0. The van der Waals surface area contributed by atoms with E-state index in [1.165, 1.54) is 43.3 Å². The fourth-order valence-corrected chi connectivity index (χ4v) is 6.58. The van der Waals surface area contributed by atoms with Crippen molar-refractivity contribution < 1.29 is 13.1 Å². The van der Waals surface area contributed by atoms with Gasteiger partial charge in [-0.15, -0.1) is 0 Å². The topological polar surface area (TPSA) is 40.5 Å². The Morgan fingerprint density at radius 2 is 1.87 bits per heavy atom. The minimum Gasteiger partial charge on any atom is -1.00 e. The minimum absolute atomic E-state index is 0. The summed E-state index contributed by atoms with van der Waals surface area (Å²) in [5.41, 5.74) is 4.52. The molecule has 30 heavy (non-hydrogen) atoms. The van der Waals surface area contributed by atoms with E-state index in [2.05, 4.69) is 46.4 Å². The molecule has 6 atom stereocenters. The second-order valence-electron chi connectivity index (χ2n) is 10.9. The Balaban J connectivity index is 0.00000320. The number of aliphatic hydroxyl groups is 2. The predicted molar refractivity (Wildman–Crippen MR) is 131 cm³/mol. The molecule has 3 fully saturated rings. The number of hydrogen-bond donors (Lipinski definition) is 2. The summed E-state index contributed by atoms with van der Waals surface area (Å²) in [7, 11) is 0. The largest absolute Gasteiger partial charge is 2.00 e. The van der Waals surface area contributed by atoms with E-state index >= 15 is 0 Å². The van der Waals surface area contributed by atoms with Crippen LogP contribution < -0.4 is 0 Å². The molecule has 2 unspecified atom stereocenters. The van der Waals surface area contributed by atoms with Gasteiger partial charge in [0.2, 0.25) is 0 Å². The van der Waals surface area contributed by atoms with Gasteiger partial charge in [0.1, 0.15) is 0 Å². The summed E-state index contributed by atoms with van der Waals surface area (Å²) in [5, 5.41) is 20.3. The van der Waals surface area contributed by atoms with Gasteiger partial charge in [0.25, 0.3) is 0 Å². The molecular weight excluding hydrogens is 381 g/mol. The first-order valence-electron chi connectivity index (χ1n) is 12.2. The van der Waals surface area contributed by atoms with Crippen molar-refractivity contribution in [2.75, 3.05) is 0 Å². The molecule has 3 rings (SSSR count). The first kappa shape index (κ1) is 26.2. The van der Waals surface area contributed by atoms with Gasteiger partial charge in [0.15, 0.2) is 0 Å². The summed E-state index contributed by atoms with van der Waals surface area (Å²) in [4.78, 5) is 0. The summed E-state index contributed by atoms with van der Waals surface area (Å²) in [6.45, 7) is 13.4. The van der Waals surface area contributed by atoms with Crippen molar-refractivity contribution in [3.63, 3.8) is 0 Å². The standard InChI is InChI=1S/C27H44O2.Mg.2H/c1-18(2)26(29)15-9-20(4)24-13-14-25-21(7-6-16-27(24,25)5)10-11-22-17-23(28)12-8-19(22)3;;;/h10-11,18,20,23-26,28-29H,3,6-9,12-17H2,1-2,4-5H3;;;/q;+2;2*-1/b21-10?,22-11-;;;/t20-,23+,24-,25?,26?,27-;;;/m1.../s1. The molecule has 2 nitrogen and oxygen atoms in total. The Labute approximate surface area is 204 Å². The van der Waals surface area contributed by atoms with Crippen LogP contribution in [0.2, 0.25) is 0 Å². The minimum atomic E-state index is -0.195. The Hall–Kier alpha value is -0.0938. The molecule has 0 radical (unpaired) electrons. The van der Waals surface area contributed by atoms with Crippen LogP contribution in [0.15, 0.2) is 35.5 Å². The van der Waals surface area contributed by atoms with Crippen molar-refractivity contribution in [3.05, 3.63) is 35.5 Å². The molecule has 0 amide bonds. The van der Waals surface area contributed by atoms with E-state index in [1.54, 1.807) is 5.57 Å². The molecule has 0 aliphatic heterocycles. The molecule has 3 aliphatic rings. The average molecular weight is 427 g/mol. The molecule has 0 aromatic rings. The smallest absolute Gasteiger partial charge is 1.00 e. The van der Waals surface area contributed by atoms with Crippen LogP contribution >= 0.6 is 0 Å². The van der Waals surface area contributed by atoms with Gasteiger partial charge in [0.05, 0.1) is 12.2 Å². The van der Waals surface area contributed by atoms with Crippen LogP contribution in [0.1, 0.15) is 94.8 Å². The zero-order valence-corrected chi connectivity index (χ0v) is 21.4. The summed E-state index contributed by atoms with van der Waals surface area (Å²) >= 11 is 0. The monoisotopic (exact) mass is 426 g/mol. The SMILES string of the molecule is C=C1CC[C@H](O)C/C1=C/C=C1CCC[C@@]2(C)C1CC[C@@H]2[C@H](C)CCC(O)C(C)C.[H-].[H-].[Mg+2]. The van der Waals surface area contributed by atoms with Crippen molar-refractivity contribution in [2.45, 2.75) is 104 Å². The third kappa shape index (κ3) is 5.82. The quantitative estimate of drug-likeness (QED) is 0.480. The summed E-state index contributed by atoms with van der Waals surface area (Å²) in [5.74, 6) is 2.52. The van der Waals surface area contributed by atoms with Gasteiger partial charge in [-0.25, -0.2) is 0 Å². The van der Waals surface area contributed by atoms with Crippen molar-refractivity contribution in [1.82, 2.24) is 0 Å². The van der Waals surface area contributed by atoms with Crippen LogP contribution in [0.5, 0.6) is 0 Å². The molecule has 0 heterocycles. The average Bonchev–Trinajstić information content (AvgIpc) is 3.04. The number of aliphatic hydroxyl groups excluding tert-OH is 2. The molecule has 3 saturated carbocycles. The van der Waals surface area contributed by atoms with Gasteiger partial charge in [-0.2, -0.15) is 0 Å². The van der Waals surface area contributed by atoms with Crippen LogP contribution in [-0.2, 0) is 0 Å². The van der Waals surface area contributed by atoms with Gasteiger partial charge in [-0.3, -0.25) is 0 Å². The Morgan fingerprint density at radius 3 is 2.57 bits per heavy atom. The van der Waals surface area contributed by atoms with Crippen LogP contribution in [0.4, 0.5) is 0 Å². The van der Waals surface area contributed by atoms with Gasteiger partial charge >= 0.3 is 23.1 Å². The Bertz CT molecular complexity index is 660. The third-order valence-corrected chi connectivity index (χ3v) is 8.60. The van der Waals surface area contributed by atoms with E-state index in [1.807, 2.05) is 0 Å². The molecule has 168 valence electrons. The first-order valence-corrected chi connectivity index (χ1v) is 12.2. The van der Waals surface area contributed by atoms with E-state index in [9.17, 15) is 10.2 Å². The van der Waals surface area contributed by atoms with Gasteiger partial charge in [-0.05, 0) is 98.9 Å². The van der Waals surface area contributed by atoms with E-state index in [4.69, 9.17) is 0 Å². The molecule has 0 aromatic carbocycles. The van der Waals surface area contributed by atoms with Crippen molar-refractivity contribution in [1.29, 1.82) is 0 Å². The zero-order chi connectivity index (χ0) is 21.2. The van der Waals surface area contributed by atoms with Gasteiger partial charge < -0.3 is 13.1 Å². The summed E-state index contributed by atoms with van der Waals surface area (Å²) in [6.07, 6.45) is 15.5. The predicted octanol–water partition coefficient (Wildman–Crippen LogP) is 6.43. The van der Waals surface area contributed by atoms with Crippen LogP contribution in [-0.4, -0.2) is 45.5 Å². The van der Waals surface area contributed by atoms with Crippen LogP contribution in [0, 0.1) is 29.1 Å². The molecule has 0 bridgehead atoms. The zero-order valence-electron chi connectivity index (χ0n) is 22.0. The Morgan fingerprint density at radius 1 is 1.13 bits per heavy atom. The van der Waals surface area contributed by atoms with E-state index in [0.29, 0.717) is 23.2 Å². The number of fused-ring (bicyclic) bond motifs is 1. The molecule has 3 aliphatic carbocycles. The van der Waals surface area contributed by atoms with Crippen molar-refractivity contribution >= 4 is 23.1 Å². The van der Waals surface area contributed by atoms with Crippen LogP contribution in [0.3, 0.4) is 0 Å². The number of hydrogen-bond acceptors (Lipinski definition) is 2. The molecular formula is C27H46MgO2. The van der Waals surface area contributed by atoms with E-state index in [-0.39, 0.29) is 38.1 Å². The fourth-order valence-electron chi connectivity index (χ4n) is 6.58. The Kier molecular flexibility index (Phi) is 9.73. The van der Waals surface area contributed by atoms with Crippen molar-refractivity contribution in [3.8, 4) is 0 Å². The number of allylic oxidation sites excluding steroid dienone is 4. The molecule has 0 aromatic heterocycles. The summed E-state index contributed by atoms with van der Waals surface area (Å²) in [6, 6.07) is 0. The molecule has 0 saturated heterocycles. The second kappa shape index (κ2) is 11.2. The second-order valence-corrected chi connectivity index (χ2v) is 10.9. The maximum Gasteiger partial charge on any atom is 2.00 e. The normalized spacial score (nSPS) is 36.6. The molecule has 2 N–H and O–H groups in total. The molecule has 3 heteroatoms. The van der Waals surface area contributed by atoms with Gasteiger partial charge in [0, 0.05) is 0 Å². The maximum absolute atomic E-state index is 10.3. The van der Waals surface area contributed by atoms with Crippen molar-refractivity contribution in [2.24, 2.45) is 29.1 Å². The number of rotatable bonds is 6.